The Hall–Kier alpha value is -1.88. The molecule has 3 rings (SSSR count). The number of imide groups is 1. The highest BCUT2D eigenvalue weighted by molar-refractivity contribution is 6.52. The smallest absolute Gasteiger partial charge is 0.283 e. The molecule has 0 spiro atoms. The zero-order valence-corrected chi connectivity index (χ0v) is 12.1. The van der Waals surface area contributed by atoms with Crippen LogP contribution >= 0.6 is 11.6 Å². The van der Waals surface area contributed by atoms with Gasteiger partial charge in [0, 0.05) is 13.1 Å². The van der Waals surface area contributed by atoms with E-state index in [2.05, 4.69) is 0 Å². The van der Waals surface area contributed by atoms with E-state index in [0.29, 0.717) is 5.69 Å². The zero-order chi connectivity index (χ0) is 15.0. The lowest BCUT2D eigenvalue weighted by Crippen LogP contribution is -2.37. The minimum Gasteiger partial charge on any atom is -0.366 e. The number of halogens is 2. The van der Waals surface area contributed by atoms with E-state index in [1.54, 1.807) is 0 Å². The maximum Gasteiger partial charge on any atom is 0.283 e. The molecule has 2 heterocycles. The summed E-state index contributed by atoms with van der Waals surface area (Å²) in [4.78, 5) is 27.7. The molecule has 6 heteroatoms. The highest BCUT2D eigenvalue weighted by Crippen LogP contribution is 2.32. The van der Waals surface area contributed by atoms with Crippen molar-refractivity contribution in [2.45, 2.75) is 19.3 Å². The van der Waals surface area contributed by atoms with Crippen LogP contribution in [0.25, 0.3) is 0 Å². The second-order valence-corrected chi connectivity index (χ2v) is 5.51. The first-order valence-electron chi connectivity index (χ1n) is 6.88. The Balaban J connectivity index is 1.92. The SMILES string of the molecule is O=C1C(Cl)=C(N2CCCCC2)C(=O)N1c1ccc(F)cc1. The lowest BCUT2D eigenvalue weighted by atomic mass is 10.1. The first-order chi connectivity index (χ1) is 10.1. The maximum atomic E-state index is 13.0. The van der Waals surface area contributed by atoms with Crippen LogP contribution in [0.15, 0.2) is 35.0 Å². The molecule has 2 amide bonds. The third-order valence-corrected chi connectivity index (χ3v) is 4.10. The summed E-state index contributed by atoms with van der Waals surface area (Å²) in [7, 11) is 0. The molecule has 0 N–H and O–H groups in total. The van der Waals surface area contributed by atoms with Crippen LogP contribution in [0.4, 0.5) is 10.1 Å². The number of nitrogens with zero attached hydrogens (tertiary/aromatic N) is 2. The molecule has 0 aromatic heterocycles. The summed E-state index contributed by atoms with van der Waals surface area (Å²) in [6.45, 7) is 1.45. The third kappa shape index (κ3) is 2.42. The Morgan fingerprint density at radius 3 is 2.19 bits per heavy atom. The van der Waals surface area contributed by atoms with Crippen LogP contribution in [-0.4, -0.2) is 29.8 Å². The topological polar surface area (TPSA) is 40.6 Å². The summed E-state index contributed by atoms with van der Waals surface area (Å²) in [5, 5.41) is -0.0498. The summed E-state index contributed by atoms with van der Waals surface area (Å²) >= 11 is 6.08. The van der Waals surface area contributed by atoms with Gasteiger partial charge in [-0.25, -0.2) is 9.29 Å². The molecular formula is C15H14ClFN2O2. The molecule has 0 unspecified atom stereocenters. The number of anilines is 1. The molecule has 0 aliphatic carbocycles. The monoisotopic (exact) mass is 308 g/mol. The lowest BCUT2D eigenvalue weighted by molar-refractivity contribution is -0.121. The van der Waals surface area contributed by atoms with Crippen molar-refractivity contribution in [3.8, 4) is 0 Å². The first-order valence-corrected chi connectivity index (χ1v) is 7.26. The van der Waals surface area contributed by atoms with Gasteiger partial charge >= 0.3 is 0 Å². The van der Waals surface area contributed by atoms with Gasteiger partial charge in [-0.1, -0.05) is 11.6 Å². The van der Waals surface area contributed by atoms with Crippen molar-refractivity contribution >= 4 is 29.1 Å². The van der Waals surface area contributed by atoms with Crippen molar-refractivity contribution < 1.29 is 14.0 Å². The van der Waals surface area contributed by atoms with E-state index in [9.17, 15) is 14.0 Å². The minimum absolute atomic E-state index is 0.0498. The van der Waals surface area contributed by atoms with Gasteiger partial charge in [0.15, 0.2) is 0 Å². The van der Waals surface area contributed by atoms with Crippen LogP contribution in [-0.2, 0) is 9.59 Å². The molecule has 0 saturated carbocycles. The van der Waals surface area contributed by atoms with E-state index in [1.807, 2.05) is 4.90 Å². The molecule has 0 bridgehead atoms. The van der Waals surface area contributed by atoms with Gasteiger partial charge < -0.3 is 4.90 Å². The molecule has 0 radical (unpaired) electrons. The molecule has 4 nitrogen and oxygen atoms in total. The second-order valence-electron chi connectivity index (χ2n) is 5.13. The van der Waals surface area contributed by atoms with Crippen LogP contribution in [0.2, 0.25) is 0 Å². The highest BCUT2D eigenvalue weighted by atomic mass is 35.5. The maximum absolute atomic E-state index is 13.0. The van der Waals surface area contributed by atoms with Crippen molar-refractivity contribution in [2.24, 2.45) is 0 Å². The summed E-state index contributed by atoms with van der Waals surface area (Å²) < 4.78 is 13.0. The van der Waals surface area contributed by atoms with Crippen LogP contribution in [0.1, 0.15) is 19.3 Å². The van der Waals surface area contributed by atoms with Crippen molar-refractivity contribution in [3.05, 3.63) is 40.8 Å². The van der Waals surface area contributed by atoms with Gasteiger partial charge in [-0.05, 0) is 43.5 Å². The summed E-state index contributed by atoms with van der Waals surface area (Å²) in [6, 6.07) is 5.22. The molecule has 2 aliphatic rings. The molecule has 21 heavy (non-hydrogen) atoms. The second kappa shape index (κ2) is 5.48. The first kappa shape index (κ1) is 14.1. The van der Waals surface area contributed by atoms with Crippen LogP contribution in [0.3, 0.4) is 0 Å². The number of hydrogen-bond acceptors (Lipinski definition) is 3. The average molecular weight is 309 g/mol. The molecule has 0 atom stereocenters. The summed E-state index contributed by atoms with van der Waals surface area (Å²) in [5.74, 6) is -1.40. The molecule has 1 fully saturated rings. The Morgan fingerprint density at radius 2 is 1.57 bits per heavy atom. The van der Waals surface area contributed by atoms with Crippen molar-refractivity contribution in [1.29, 1.82) is 0 Å². The standard InChI is InChI=1S/C15H14ClFN2O2/c16-12-13(18-8-2-1-3-9-18)15(21)19(14(12)20)11-6-4-10(17)5-7-11/h4-7H,1-3,8-9H2. The van der Waals surface area contributed by atoms with Gasteiger partial charge in [0.25, 0.3) is 11.8 Å². The number of benzene rings is 1. The minimum atomic E-state index is -0.547. The number of hydrogen-bond donors (Lipinski definition) is 0. The molecule has 1 aromatic carbocycles. The van der Waals surface area contributed by atoms with E-state index < -0.39 is 17.6 Å². The number of likely N-dealkylation sites (tertiary alicyclic amines) is 1. The molecular weight excluding hydrogens is 295 g/mol. The van der Waals surface area contributed by atoms with E-state index in [1.165, 1.54) is 24.3 Å². The van der Waals surface area contributed by atoms with Crippen molar-refractivity contribution in [1.82, 2.24) is 4.90 Å². The highest BCUT2D eigenvalue weighted by Gasteiger charge is 2.41. The fourth-order valence-corrected chi connectivity index (χ4v) is 2.99. The fraction of sp³-hybridized carbons (Fsp3) is 0.333. The lowest BCUT2D eigenvalue weighted by Gasteiger charge is -2.29. The predicted molar refractivity (Wildman–Crippen MR) is 77.2 cm³/mol. The number of rotatable bonds is 2. The number of carbonyl (C=O) groups excluding carboxylic acids is 2. The van der Waals surface area contributed by atoms with Gasteiger partial charge in [0.1, 0.15) is 16.5 Å². The largest absolute Gasteiger partial charge is 0.366 e. The predicted octanol–water partition coefficient (Wildman–Crippen LogP) is 2.64. The van der Waals surface area contributed by atoms with Crippen molar-refractivity contribution in [2.75, 3.05) is 18.0 Å². The van der Waals surface area contributed by atoms with Crippen LogP contribution < -0.4 is 4.90 Å². The molecule has 1 saturated heterocycles. The Bertz CT molecular complexity index is 621. The Kier molecular flexibility index (Phi) is 3.68. The van der Waals surface area contributed by atoms with Gasteiger partial charge in [0.05, 0.1) is 5.69 Å². The van der Waals surface area contributed by atoms with E-state index in [0.717, 1.165) is 37.3 Å². The Morgan fingerprint density at radius 1 is 0.952 bits per heavy atom. The van der Waals surface area contributed by atoms with Gasteiger partial charge in [-0.2, -0.15) is 0 Å². The third-order valence-electron chi connectivity index (χ3n) is 3.76. The normalized spacial score (nSPS) is 19.7. The quantitative estimate of drug-likeness (QED) is 0.789. The number of amides is 2. The zero-order valence-electron chi connectivity index (χ0n) is 11.3. The van der Waals surface area contributed by atoms with Crippen molar-refractivity contribution in [3.63, 3.8) is 0 Å². The van der Waals surface area contributed by atoms with E-state index in [4.69, 9.17) is 11.6 Å². The molecule has 1 aromatic rings. The number of carbonyl (C=O) groups is 2. The van der Waals surface area contributed by atoms with Crippen LogP contribution in [0, 0.1) is 5.82 Å². The van der Waals surface area contributed by atoms with Crippen LogP contribution in [0.5, 0.6) is 0 Å². The van der Waals surface area contributed by atoms with Gasteiger partial charge in [-0.15, -0.1) is 0 Å². The van der Waals surface area contributed by atoms with E-state index in [-0.39, 0.29) is 10.7 Å². The summed E-state index contributed by atoms with van der Waals surface area (Å²) in [6.07, 6.45) is 3.07. The van der Waals surface area contributed by atoms with Gasteiger partial charge in [-0.3, -0.25) is 9.59 Å². The number of piperidine rings is 1. The van der Waals surface area contributed by atoms with E-state index >= 15 is 0 Å². The summed E-state index contributed by atoms with van der Waals surface area (Å²) in [5.41, 5.74) is 0.599. The average Bonchev–Trinajstić information content (AvgIpc) is 2.72. The fourth-order valence-electron chi connectivity index (χ4n) is 2.71. The molecule has 110 valence electrons. The molecule has 2 aliphatic heterocycles. The Labute approximate surface area is 126 Å². The van der Waals surface area contributed by atoms with Gasteiger partial charge in [0.2, 0.25) is 0 Å².